The smallest absolute Gasteiger partial charge is 0.224 e. The number of carbonyl (C=O) groups excluding carboxylic acids is 1. The number of piperidine rings is 1. The van der Waals surface area contributed by atoms with Crippen LogP contribution >= 0.6 is 12.4 Å². The largest absolute Gasteiger partial charge is 0.377 e. The first-order chi connectivity index (χ1) is 8.86. The minimum absolute atomic E-state index is 0. The molecule has 2 saturated heterocycles. The lowest BCUT2D eigenvalue weighted by atomic mass is 9.99. The van der Waals surface area contributed by atoms with Gasteiger partial charge in [-0.2, -0.15) is 0 Å². The van der Waals surface area contributed by atoms with Crippen molar-refractivity contribution < 1.29 is 14.3 Å². The van der Waals surface area contributed by atoms with Crippen molar-refractivity contribution in [2.45, 2.75) is 31.8 Å². The topological polar surface area (TPSA) is 59.6 Å². The lowest BCUT2D eigenvalue weighted by molar-refractivity contribution is -0.125. The summed E-state index contributed by atoms with van der Waals surface area (Å²) in [7, 11) is 0. The molecule has 0 aromatic rings. The first-order valence-corrected chi connectivity index (χ1v) is 7.04. The minimum Gasteiger partial charge on any atom is -0.377 e. The Kier molecular flexibility index (Phi) is 8.37. The number of nitrogens with one attached hydrogen (secondary N) is 2. The molecule has 2 heterocycles. The van der Waals surface area contributed by atoms with E-state index < -0.39 is 0 Å². The minimum atomic E-state index is 0. The van der Waals surface area contributed by atoms with Crippen LogP contribution in [0.25, 0.3) is 0 Å². The van der Waals surface area contributed by atoms with Gasteiger partial charge in [0.1, 0.15) is 0 Å². The Balaban J connectivity index is 0.00000180. The van der Waals surface area contributed by atoms with Gasteiger partial charge in [-0.3, -0.25) is 4.79 Å². The maximum absolute atomic E-state index is 11.8. The molecule has 2 fully saturated rings. The predicted octanol–water partition coefficient (Wildman–Crippen LogP) is 0.720. The summed E-state index contributed by atoms with van der Waals surface area (Å²) < 4.78 is 11.0. The van der Waals surface area contributed by atoms with Crippen LogP contribution in [0.1, 0.15) is 25.7 Å². The van der Waals surface area contributed by atoms with E-state index in [1.54, 1.807) is 0 Å². The molecule has 0 aromatic carbocycles. The Hall–Kier alpha value is -0.360. The van der Waals surface area contributed by atoms with Crippen LogP contribution in [-0.4, -0.2) is 51.5 Å². The number of amides is 1. The summed E-state index contributed by atoms with van der Waals surface area (Å²) in [6.07, 6.45) is 4.59. The van der Waals surface area contributed by atoms with Crippen molar-refractivity contribution in [3.63, 3.8) is 0 Å². The van der Waals surface area contributed by atoms with Crippen molar-refractivity contribution >= 4 is 18.3 Å². The normalized spacial score (nSPS) is 26.7. The highest BCUT2D eigenvalue weighted by Crippen LogP contribution is 2.12. The maximum atomic E-state index is 11.8. The van der Waals surface area contributed by atoms with E-state index in [0.29, 0.717) is 19.8 Å². The fraction of sp³-hybridized carbons (Fsp3) is 0.923. The first kappa shape index (κ1) is 16.7. The first-order valence-electron chi connectivity index (χ1n) is 7.04. The highest BCUT2D eigenvalue weighted by Gasteiger charge is 2.20. The van der Waals surface area contributed by atoms with Crippen molar-refractivity contribution in [3.8, 4) is 0 Å². The van der Waals surface area contributed by atoms with E-state index >= 15 is 0 Å². The molecule has 5 nitrogen and oxygen atoms in total. The maximum Gasteiger partial charge on any atom is 0.224 e. The van der Waals surface area contributed by atoms with E-state index in [-0.39, 0.29) is 30.3 Å². The Labute approximate surface area is 121 Å². The number of carbonyl (C=O) groups is 1. The summed E-state index contributed by atoms with van der Waals surface area (Å²) in [5.74, 6) is 0.292. The molecule has 2 aliphatic rings. The van der Waals surface area contributed by atoms with Gasteiger partial charge in [-0.05, 0) is 32.2 Å². The van der Waals surface area contributed by atoms with Crippen LogP contribution in [0.2, 0.25) is 0 Å². The van der Waals surface area contributed by atoms with E-state index in [4.69, 9.17) is 9.47 Å². The van der Waals surface area contributed by atoms with Gasteiger partial charge in [0.25, 0.3) is 0 Å². The third-order valence-corrected chi connectivity index (χ3v) is 3.54. The summed E-state index contributed by atoms with van der Waals surface area (Å²) in [5.41, 5.74) is 0. The van der Waals surface area contributed by atoms with Crippen molar-refractivity contribution in [2.24, 2.45) is 5.92 Å². The second kappa shape index (κ2) is 9.53. The van der Waals surface area contributed by atoms with Gasteiger partial charge in [0, 0.05) is 19.7 Å². The number of rotatable bonds is 6. The Morgan fingerprint density at radius 2 is 2.26 bits per heavy atom. The van der Waals surface area contributed by atoms with E-state index in [1.165, 1.54) is 0 Å². The molecule has 2 N–H and O–H groups in total. The van der Waals surface area contributed by atoms with Crippen LogP contribution in [0.15, 0.2) is 0 Å². The third-order valence-electron chi connectivity index (χ3n) is 3.54. The summed E-state index contributed by atoms with van der Waals surface area (Å²) >= 11 is 0. The second-order valence-corrected chi connectivity index (χ2v) is 5.04. The van der Waals surface area contributed by atoms with Crippen LogP contribution < -0.4 is 10.6 Å². The average molecular weight is 293 g/mol. The summed E-state index contributed by atoms with van der Waals surface area (Å²) in [6.45, 7) is 4.53. The van der Waals surface area contributed by atoms with Crippen molar-refractivity contribution in [1.29, 1.82) is 0 Å². The quantitative estimate of drug-likeness (QED) is 0.708. The molecule has 2 aliphatic heterocycles. The molecule has 0 bridgehead atoms. The van der Waals surface area contributed by atoms with E-state index in [0.717, 1.165) is 45.4 Å². The molecule has 0 aliphatic carbocycles. The highest BCUT2D eigenvalue weighted by molar-refractivity contribution is 5.85. The fourth-order valence-corrected chi connectivity index (χ4v) is 2.46. The van der Waals surface area contributed by atoms with Gasteiger partial charge in [0.15, 0.2) is 0 Å². The number of hydrogen-bond acceptors (Lipinski definition) is 4. The molecule has 2 unspecified atom stereocenters. The molecular formula is C13H25ClN2O3. The van der Waals surface area contributed by atoms with Gasteiger partial charge >= 0.3 is 0 Å². The van der Waals surface area contributed by atoms with Gasteiger partial charge in [-0.25, -0.2) is 0 Å². The van der Waals surface area contributed by atoms with Gasteiger partial charge in [-0.15, -0.1) is 12.4 Å². The van der Waals surface area contributed by atoms with Gasteiger partial charge in [-0.1, -0.05) is 0 Å². The number of halogens is 1. The van der Waals surface area contributed by atoms with E-state index in [2.05, 4.69) is 10.6 Å². The molecule has 2 atom stereocenters. The zero-order chi connectivity index (χ0) is 12.6. The standard InChI is InChI=1S/C13H24N2O3.ClH/c16-13(11-3-1-5-14-9-11)15-6-8-17-10-12-4-2-7-18-12;/h11-12,14H,1-10H2,(H,15,16);1H. The van der Waals surface area contributed by atoms with Gasteiger partial charge in [0.05, 0.1) is 25.2 Å². The van der Waals surface area contributed by atoms with Crippen LogP contribution in [0.4, 0.5) is 0 Å². The molecule has 0 aromatic heterocycles. The lowest BCUT2D eigenvalue weighted by Gasteiger charge is -2.21. The van der Waals surface area contributed by atoms with E-state index in [9.17, 15) is 4.79 Å². The number of hydrogen-bond donors (Lipinski definition) is 2. The molecule has 19 heavy (non-hydrogen) atoms. The van der Waals surface area contributed by atoms with Crippen LogP contribution in [0.3, 0.4) is 0 Å². The van der Waals surface area contributed by atoms with Crippen molar-refractivity contribution in [1.82, 2.24) is 10.6 Å². The Morgan fingerprint density at radius 1 is 1.37 bits per heavy atom. The third kappa shape index (κ3) is 6.08. The average Bonchev–Trinajstić information content (AvgIpc) is 2.92. The second-order valence-electron chi connectivity index (χ2n) is 5.04. The summed E-state index contributed by atoms with van der Waals surface area (Å²) in [4.78, 5) is 11.8. The SMILES string of the molecule is Cl.O=C(NCCOCC1CCCO1)C1CCCNC1. The molecule has 0 spiro atoms. The fourth-order valence-electron chi connectivity index (χ4n) is 2.46. The molecular weight excluding hydrogens is 268 g/mol. The lowest BCUT2D eigenvalue weighted by Crippen LogP contribution is -2.41. The Morgan fingerprint density at radius 3 is 2.95 bits per heavy atom. The van der Waals surface area contributed by atoms with Crippen LogP contribution in [0, 0.1) is 5.92 Å². The molecule has 112 valence electrons. The van der Waals surface area contributed by atoms with Crippen molar-refractivity contribution in [2.75, 3.05) is 39.5 Å². The summed E-state index contributed by atoms with van der Waals surface area (Å²) in [5, 5.41) is 6.18. The summed E-state index contributed by atoms with van der Waals surface area (Å²) in [6, 6.07) is 0. The molecule has 2 rings (SSSR count). The zero-order valence-corrected chi connectivity index (χ0v) is 12.2. The Bertz CT molecular complexity index is 254. The van der Waals surface area contributed by atoms with Crippen LogP contribution in [0.5, 0.6) is 0 Å². The molecule has 0 saturated carbocycles. The predicted molar refractivity (Wildman–Crippen MR) is 75.6 cm³/mol. The zero-order valence-electron chi connectivity index (χ0n) is 11.4. The molecule has 0 radical (unpaired) electrons. The monoisotopic (exact) mass is 292 g/mol. The molecule has 1 amide bonds. The highest BCUT2D eigenvalue weighted by atomic mass is 35.5. The van der Waals surface area contributed by atoms with Gasteiger partial charge < -0.3 is 20.1 Å². The van der Waals surface area contributed by atoms with Crippen molar-refractivity contribution in [3.05, 3.63) is 0 Å². The van der Waals surface area contributed by atoms with E-state index in [1.807, 2.05) is 0 Å². The molecule has 6 heteroatoms. The van der Waals surface area contributed by atoms with Crippen LogP contribution in [-0.2, 0) is 14.3 Å². The number of ether oxygens (including phenoxy) is 2. The van der Waals surface area contributed by atoms with Gasteiger partial charge in [0.2, 0.25) is 5.91 Å².